The first-order valence-corrected chi connectivity index (χ1v) is 10.1. The van der Waals surface area contributed by atoms with Gasteiger partial charge in [-0.25, -0.2) is 0 Å². The lowest BCUT2D eigenvalue weighted by Gasteiger charge is -2.36. The lowest BCUT2D eigenvalue weighted by atomic mass is 10.1. The number of para-hydroxylation sites is 2. The summed E-state index contributed by atoms with van der Waals surface area (Å²) in [4.78, 5) is 41.0. The van der Waals surface area contributed by atoms with Crippen molar-refractivity contribution in [3.05, 3.63) is 35.4 Å². The summed E-state index contributed by atoms with van der Waals surface area (Å²) in [6.07, 6.45) is 0.101. The summed E-state index contributed by atoms with van der Waals surface area (Å²) in [5, 5.41) is 2.61. The third kappa shape index (κ3) is 5.21. The summed E-state index contributed by atoms with van der Waals surface area (Å²) >= 11 is 0. The van der Waals surface area contributed by atoms with Crippen molar-refractivity contribution in [1.29, 1.82) is 0 Å². The van der Waals surface area contributed by atoms with E-state index in [2.05, 4.69) is 16.3 Å². The Labute approximate surface area is 183 Å². The van der Waals surface area contributed by atoms with E-state index in [1.165, 1.54) is 0 Å². The summed E-state index contributed by atoms with van der Waals surface area (Å²) in [6.45, 7) is 10.4. The average molecular weight is 436 g/mol. The summed E-state index contributed by atoms with van der Waals surface area (Å²) in [7, 11) is 0. The highest BCUT2D eigenvalue weighted by Gasteiger charge is 2.37. The second kappa shape index (κ2) is 10.1. The van der Waals surface area contributed by atoms with Crippen LogP contribution in [0.4, 0.5) is 5.69 Å². The van der Waals surface area contributed by atoms with Gasteiger partial charge in [-0.2, -0.15) is 0 Å². The molecule has 0 saturated carbocycles. The van der Waals surface area contributed by atoms with Crippen molar-refractivity contribution in [2.45, 2.75) is 39.8 Å². The van der Waals surface area contributed by atoms with Crippen LogP contribution in [0.25, 0.3) is 0 Å². The molecule has 3 rings (SSSR count). The van der Waals surface area contributed by atoms with E-state index in [1.54, 1.807) is 13.8 Å². The minimum atomic E-state index is -1.05. The van der Waals surface area contributed by atoms with Crippen LogP contribution in [0.3, 0.4) is 0 Å². The van der Waals surface area contributed by atoms with E-state index in [4.69, 9.17) is 4.74 Å². The topological polar surface area (TPSA) is 79.0 Å². The molecule has 1 amide bonds. The number of rotatable bonds is 6. The molecule has 0 spiro atoms. The molecule has 0 radical (unpaired) electrons. The Hall–Kier alpha value is -2.38. The number of piperazine rings is 1. The highest BCUT2D eigenvalue weighted by molar-refractivity contribution is 6.28. The second-order valence-corrected chi connectivity index (χ2v) is 7.88. The van der Waals surface area contributed by atoms with Gasteiger partial charge in [-0.3, -0.25) is 19.3 Å². The average Bonchev–Trinajstić information content (AvgIpc) is 2.86. The Kier molecular flexibility index (Phi) is 8.03. The molecule has 0 aromatic heterocycles. The van der Waals surface area contributed by atoms with Crippen LogP contribution in [-0.4, -0.2) is 67.2 Å². The Morgan fingerprint density at radius 3 is 2.20 bits per heavy atom. The van der Waals surface area contributed by atoms with Crippen molar-refractivity contribution < 1.29 is 19.1 Å². The number of nitrogens with zero attached hydrogens (tertiary/aromatic N) is 2. The van der Waals surface area contributed by atoms with E-state index in [-0.39, 0.29) is 42.5 Å². The van der Waals surface area contributed by atoms with Gasteiger partial charge in [0.05, 0.1) is 18.3 Å². The number of carbonyl (C=O) groups is 3. The zero-order chi connectivity index (χ0) is 21.1. The normalized spacial score (nSPS) is 18.1. The quantitative estimate of drug-likeness (QED) is 0.688. The molecule has 0 atom stereocenters. The van der Waals surface area contributed by atoms with Gasteiger partial charge in [0.25, 0.3) is 0 Å². The van der Waals surface area contributed by atoms with Crippen molar-refractivity contribution in [3.8, 4) is 5.75 Å². The molecule has 0 unspecified atom stereocenters. The number of Topliss-reactive ketones (excluding diaryl/α,β-unsaturated/α-hetero) is 2. The van der Waals surface area contributed by atoms with E-state index in [9.17, 15) is 14.4 Å². The van der Waals surface area contributed by atoms with Crippen molar-refractivity contribution >= 4 is 35.6 Å². The molecule has 164 valence electrons. The molecule has 1 aliphatic heterocycles. The monoisotopic (exact) mass is 435 g/mol. The van der Waals surface area contributed by atoms with Gasteiger partial charge >= 0.3 is 0 Å². The number of carbonyl (C=O) groups excluding carboxylic acids is 3. The maximum Gasteiger partial charge on any atom is 0.235 e. The van der Waals surface area contributed by atoms with Crippen molar-refractivity contribution in [3.63, 3.8) is 0 Å². The van der Waals surface area contributed by atoms with Gasteiger partial charge in [0.2, 0.25) is 5.91 Å². The minimum absolute atomic E-state index is 0. The SMILES string of the molecule is CC1=C(C)C(=O)C(NC(=O)CN2CCN(c3ccccc3OC(C)C)CC2)C1=O.Cl. The van der Waals surface area contributed by atoms with Crippen LogP contribution in [0.2, 0.25) is 0 Å². The summed E-state index contributed by atoms with van der Waals surface area (Å²) < 4.78 is 5.91. The highest BCUT2D eigenvalue weighted by Crippen LogP contribution is 2.29. The van der Waals surface area contributed by atoms with Crippen LogP contribution in [0.1, 0.15) is 27.7 Å². The molecule has 1 heterocycles. The fourth-order valence-electron chi connectivity index (χ4n) is 3.68. The number of ether oxygens (including phenoxy) is 1. The van der Waals surface area contributed by atoms with E-state index in [1.807, 2.05) is 36.9 Å². The number of anilines is 1. The van der Waals surface area contributed by atoms with Crippen LogP contribution in [0, 0.1) is 0 Å². The Morgan fingerprint density at radius 1 is 1.07 bits per heavy atom. The number of hydrogen-bond acceptors (Lipinski definition) is 6. The summed E-state index contributed by atoms with van der Waals surface area (Å²) in [6, 6.07) is 6.93. The van der Waals surface area contributed by atoms with Crippen molar-refractivity contribution in [2.24, 2.45) is 0 Å². The van der Waals surface area contributed by atoms with Crippen LogP contribution < -0.4 is 15.0 Å². The standard InChI is InChI=1S/C22H29N3O4.ClH/c1-14(2)29-18-8-6-5-7-17(18)25-11-9-24(10-12-25)13-19(26)23-20-21(27)15(3)16(4)22(20)28;/h5-8,14,20H,9-13H2,1-4H3,(H,23,26);1H. The van der Waals surface area contributed by atoms with Crippen molar-refractivity contribution in [1.82, 2.24) is 10.2 Å². The maximum atomic E-state index is 12.4. The van der Waals surface area contributed by atoms with Gasteiger partial charge in [-0.15, -0.1) is 12.4 Å². The van der Waals surface area contributed by atoms with Gasteiger partial charge in [-0.1, -0.05) is 12.1 Å². The van der Waals surface area contributed by atoms with Crippen LogP contribution in [0.15, 0.2) is 35.4 Å². The number of nitrogens with one attached hydrogen (secondary N) is 1. The van der Waals surface area contributed by atoms with Gasteiger partial charge in [0.1, 0.15) is 5.75 Å². The zero-order valence-electron chi connectivity index (χ0n) is 17.9. The third-order valence-corrected chi connectivity index (χ3v) is 5.44. The first-order valence-electron chi connectivity index (χ1n) is 10.1. The fraction of sp³-hybridized carbons (Fsp3) is 0.500. The highest BCUT2D eigenvalue weighted by atomic mass is 35.5. The molecule has 1 fully saturated rings. The lowest BCUT2D eigenvalue weighted by Crippen LogP contribution is -2.52. The predicted molar refractivity (Wildman–Crippen MR) is 118 cm³/mol. The zero-order valence-corrected chi connectivity index (χ0v) is 18.8. The molecule has 30 heavy (non-hydrogen) atoms. The predicted octanol–water partition coefficient (Wildman–Crippen LogP) is 1.99. The first-order chi connectivity index (χ1) is 13.8. The van der Waals surface area contributed by atoms with Crippen LogP contribution >= 0.6 is 12.4 Å². The second-order valence-electron chi connectivity index (χ2n) is 7.88. The number of amides is 1. The molecule has 1 saturated heterocycles. The van der Waals surface area contributed by atoms with Crippen molar-refractivity contribution in [2.75, 3.05) is 37.6 Å². The van der Waals surface area contributed by atoms with Crippen LogP contribution in [0.5, 0.6) is 5.75 Å². The molecule has 1 aliphatic carbocycles. The largest absolute Gasteiger partial charge is 0.489 e. The molecular weight excluding hydrogens is 406 g/mol. The van der Waals surface area contributed by atoms with E-state index >= 15 is 0 Å². The number of halogens is 1. The Balaban J connectivity index is 0.00000320. The third-order valence-electron chi connectivity index (χ3n) is 5.44. The van der Waals surface area contributed by atoms with E-state index < -0.39 is 6.04 Å². The van der Waals surface area contributed by atoms with Gasteiger partial charge in [0.15, 0.2) is 17.6 Å². The van der Waals surface area contributed by atoms with Crippen LogP contribution in [-0.2, 0) is 14.4 Å². The Bertz CT molecular complexity index is 821. The van der Waals surface area contributed by atoms with Gasteiger partial charge in [-0.05, 0) is 39.8 Å². The van der Waals surface area contributed by atoms with E-state index in [0.717, 1.165) is 24.5 Å². The molecule has 2 aliphatic rings. The Morgan fingerprint density at radius 2 is 1.63 bits per heavy atom. The molecule has 1 aromatic rings. The molecule has 0 bridgehead atoms. The van der Waals surface area contributed by atoms with Gasteiger partial charge in [0, 0.05) is 37.3 Å². The summed E-state index contributed by atoms with van der Waals surface area (Å²) in [5.74, 6) is -0.0266. The minimum Gasteiger partial charge on any atom is -0.489 e. The summed E-state index contributed by atoms with van der Waals surface area (Å²) in [5.41, 5.74) is 1.94. The maximum absolute atomic E-state index is 12.4. The fourth-order valence-corrected chi connectivity index (χ4v) is 3.68. The smallest absolute Gasteiger partial charge is 0.235 e. The molecule has 1 aromatic carbocycles. The van der Waals surface area contributed by atoms with E-state index in [0.29, 0.717) is 24.2 Å². The van der Waals surface area contributed by atoms with Gasteiger partial charge < -0.3 is 15.0 Å². The molecule has 8 heteroatoms. The molecular formula is C22H30ClN3O4. The lowest BCUT2D eigenvalue weighted by molar-refractivity contribution is -0.131. The molecule has 7 nitrogen and oxygen atoms in total. The number of hydrogen-bond donors (Lipinski definition) is 1. The first kappa shape index (κ1) is 23.9. The molecule has 1 N–H and O–H groups in total. The number of benzene rings is 1. The number of ketones is 2.